The number of ether oxygens (including phenoxy) is 1. The van der Waals surface area contributed by atoms with Crippen LogP contribution in [0.15, 0.2) is 103 Å². The first-order chi connectivity index (χ1) is 20.4. The van der Waals surface area contributed by atoms with Gasteiger partial charge >= 0.3 is 12.1 Å². The molecule has 42 heavy (non-hydrogen) atoms. The van der Waals surface area contributed by atoms with Crippen molar-refractivity contribution in [2.75, 3.05) is 25.5 Å². The van der Waals surface area contributed by atoms with E-state index in [2.05, 4.69) is 34.9 Å². The molecule has 1 unspecified atom stereocenters. The highest BCUT2D eigenvalue weighted by atomic mass is 16.5. The zero-order valence-electron chi connectivity index (χ0n) is 23.3. The summed E-state index contributed by atoms with van der Waals surface area (Å²) in [6.45, 7) is 0.945. The van der Waals surface area contributed by atoms with E-state index in [1.165, 1.54) is 0 Å². The summed E-state index contributed by atoms with van der Waals surface area (Å²) in [5.41, 5.74) is 6.88. The third-order valence-corrected chi connectivity index (χ3v) is 7.33. The van der Waals surface area contributed by atoms with Crippen LogP contribution in [0.1, 0.15) is 28.2 Å². The van der Waals surface area contributed by atoms with Crippen molar-refractivity contribution in [3.05, 3.63) is 125 Å². The lowest BCUT2D eigenvalue weighted by Crippen LogP contribution is -2.48. The number of benzene rings is 4. The number of anilines is 1. The van der Waals surface area contributed by atoms with Crippen LogP contribution in [0, 0.1) is 0 Å². The molecule has 0 spiro atoms. The summed E-state index contributed by atoms with van der Waals surface area (Å²) in [7, 11) is 1.82. The molecule has 2 amide bonds. The van der Waals surface area contributed by atoms with Gasteiger partial charge in [-0.05, 0) is 52.6 Å². The van der Waals surface area contributed by atoms with Gasteiger partial charge in [0.15, 0.2) is 0 Å². The van der Waals surface area contributed by atoms with Crippen molar-refractivity contribution in [1.82, 2.24) is 10.2 Å². The van der Waals surface area contributed by atoms with Crippen LogP contribution in [0.4, 0.5) is 10.5 Å². The van der Waals surface area contributed by atoms with Gasteiger partial charge in [0.25, 0.3) is 0 Å². The molecule has 0 fully saturated rings. The fourth-order valence-electron chi connectivity index (χ4n) is 5.35. The van der Waals surface area contributed by atoms with Crippen LogP contribution in [0.3, 0.4) is 0 Å². The summed E-state index contributed by atoms with van der Waals surface area (Å²) in [6, 6.07) is 31.8. The number of fused-ring (bicyclic) bond motifs is 3. The van der Waals surface area contributed by atoms with E-state index in [0.29, 0.717) is 17.8 Å². The van der Waals surface area contributed by atoms with Gasteiger partial charge in [-0.2, -0.15) is 0 Å². The molecule has 0 heterocycles. The number of carboxylic acid groups (broad SMARTS) is 1. The molecule has 0 saturated heterocycles. The van der Waals surface area contributed by atoms with Crippen LogP contribution >= 0.6 is 0 Å². The maximum atomic E-state index is 12.6. The molecule has 0 radical (unpaired) electrons. The largest absolute Gasteiger partial charge is 0.480 e. The first kappa shape index (κ1) is 28.6. The molecule has 8 nitrogen and oxygen atoms in total. The molecule has 3 N–H and O–H groups in total. The zero-order valence-corrected chi connectivity index (χ0v) is 23.3. The zero-order chi connectivity index (χ0) is 29.5. The lowest BCUT2D eigenvalue weighted by molar-refractivity contribution is -0.142. The van der Waals surface area contributed by atoms with Crippen molar-refractivity contribution in [2.24, 2.45) is 0 Å². The highest BCUT2D eigenvalue weighted by Crippen LogP contribution is 2.44. The minimum Gasteiger partial charge on any atom is -0.480 e. The molecule has 0 bridgehead atoms. The molecule has 0 aromatic heterocycles. The maximum Gasteiger partial charge on any atom is 0.411 e. The lowest BCUT2D eigenvalue weighted by atomic mass is 9.98. The highest BCUT2D eigenvalue weighted by Gasteiger charge is 2.29. The number of likely N-dealkylation sites (N-methyl/N-ethyl adjacent to an activating group) is 1. The number of nitrogens with zero attached hydrogens (tertiary/aromatic N) is 1. The molecular weight excluding hydrogens is 530 g/mol. The minimum absolute atomic E-state index is 0.0113. The summed E-state index contributed by atoms with van der Waals surface area (Å²) in [4.78, 5) is 38.9. The Morgan fingerprint density at radius 1 is 0.810 bits per heavy atom. The fourth-order valence-corrected chi connectivity index (χ4v) is 5.35. The van der Waals surface area contributed by atoms with Crippen molar-refractivity contribution in [1.29, 1.82) is 0 Å². The number of hydrogen-bond donors (Lipinski definition) is 3. The van der Waals surface area contributed by atoms with E-state index in [1.54, 1.807) is 24.3 Å². The van der Waals surface area contributed by atoms with E-state index >= 15 is 0 Å². The van der Waals surface area contributed by atoms with Crippen molar-refractivity contribution in [3.8, 4) is 11.1 Å². The van der Waals surface area contributed by atoms with Crippen LogP contribution in [0.5, 0.6) is 0 Å². The number of aliphatic carboxylic acids is 1. The topological polar surface area (TPSA) is 108 Å². The lowest BCUT2D eigenvalue weighted by Gasteiger charge is -2.22. The molecule has 1 aliphatic carbocycles. The Bertz CT molecular complexity index is 1510. The predicted octanol–water partition coefficient (Wildman–Crippen LogP) is 5.29. The normalized spacial score (nSPS) is 12.7. The van der Waals surface area contributed by atoms with E-state index in [1.807, 2.05) is 66.5 Å². The van der Waals surface area contributed by atoms with E-state index in [9.17, 15) is 19.5 Å². The fraction of sp³-hybridized carbons (Fsp3) is 0.206. The number of carbonyl (C=O) groups is 3. The number of nitrogens with one attached hydrogen (secondary N) is 2. The number of carbonyl (C=O) groups excluding carboxylic acids is 2. The average Bonchev–Trinajstić information content (AvgIpc) is 3.31. The molecule has 0 saturated carbocycles. The Hall–Kier alpha value is -4.95. The molecule has 1 atom stereocenters. The van der Waals surface area contributed by atoms with Gasteiger partial charge in [-0.15, -0.1) is 0 Å². The van der Waals surface area contributed by atoms with Crippen LogP contribution in [-0.2, 0) is 27.3 Å². The van der Waals surface area contributed by atoms with Crippen LogP contribution < -0.4 is 10.6 Å². The van der Waals surface area contributed by atoms with Gasteiger partial charge in [0.1, 0.15) is 12.6 Å². The van der Waals surface area contributed by atoms with Gasteiger partial charge in [0.2, 0.25) is 5.91 Å². The van der Waals surface area contributed by atoms with E-state index < -0.39 is 24.0 Å². The molecular formula is C34H33N3O5. The monoisotopic (exact) mass is 563 g/mol. The van der Waals surface area contributed by atoms with E-state index in [4.69, 9.17) is 4.74 Å². The number of carboxylic acids is 1. The Labute approximate surface area is 244 Å². The second-order valence-corrected chi connectivity index (χ2v) is 10.5. The molecule has 4 aromatic rings. The minimum atomic E-state index is -1.09. The molecule has 1 aliphatic rings. The summed E-state index contributed by atoms with van der Waals surface area (Å²) >= 11 is 0. The first-order valence-corrected chi connectivity index (χ1v) is 13.8. The second-order valence-electron chi connectivity index (χ2n) is 10.5. The molecule has 214 valence electrons. The van der Waals surface area contributed by atoms with E-state index in [-0.39, 0.29) is 25.5 Å². The number of amides is 2. The van der Waals surface area contributed by atoms with Crippen LogP contribution in [-0.4, -0.2) is 54.2 Å². The van der Waals surface area contributed by atoms with Gasteiger partial charge in [-0.3, -0.25) is 15.0 Å². The van der Waals surface area contributed by atoms with Crippen molar-refractivity contribution < 1.29 is 24.2 Å². The second kappa shape index (κ2) is 13.1. The Morgan fingerprint density at radius 3 is 2.02 bits per heavy atom. The quantitative estimate of drug-likeness (QED) is 0.229. The van der Waals surface area contributed by atoms with Crippen LogP contribution in [0.2, 0.25) is 0 Å². The smallest absolute Gasteiger partial charge is 0.411 e. The molecule has 4 aromatic carbocycles. The standard InChI is InChI=1S/C34H33N3O5/c1-37(20-24-9-3-2-4-10-24)21-31(33(39)40)36-32(38)19-23-15-17-25(18-16-23)35-34(41)42-22-30-28-13-7-5-11-26(28)27-12-6-8-14-29(27)30/h2-18,30-31H,19-22H2,1H3,(H,35,41)(H,36,38)(H,39,40). The van der Waals surface area contributed by atoms with Gasteiger partial charge in [0, 0.05) is 24.7 Å². The maximum absolute atomic E-state index is 12.6. The Kier molecular flexibility index (Phi) is 8.94. The average molecular weight is 564 g/mol. The summed E-state index contributed by atoms with van der Waals surface area (Å²) < 4.78 is 5.60. The summed E-state index contributed by atoms with van der Waals surface area (Å²) in [6.07, 6.45) is -0.552. The van der Waals surface area contributed by atoms with Crippen molar-refractivity contribution in [3.63, 3.8) is 0 Å². The van der Waals surface area contributed by atoms with E-state index in [0.717, 1.165) is 27.8 Å². The van der Waals surface area contributed by atoms with Gasteiger partial charge in [0.05, 0.1) is 6.42 Å². The Morgan fingerprint density at radius 2 is 1.40 bits per heavy atom. The molecule has 5 rings (SSSR count). The predicted molar refractivity (Wildman–Crippen MR) is 161 cm³/mol. The van der Waals surface area contributed by atoms with Gasteiger partial charge < -0.3 is 15.2 Å². The number of rotatable bonds is 11. The molecule has 0 aliphatic heterocycles. The summed E-state index contributed by atoms with van der Waals surface area (Å²) in [5.74, 6) is -1.52. The first-order valence-electron chi connectivity index (χ1n) is 13.8. The molecule has 8 heteroatoms. The van der Waals surface area contributed by atoms with Gasteiger partial charge in [-0.25, -0.2) is 9.59 Å². The third kappa shape index (κ3) is 7.03. The SMILES string of the molecule is CN(Cc1ccccc1)CC(NC(=O)Cc1ccc(NC(=O)OCC2c3ccccc3-c3ccccc32)cc1)C(=O)O. The van der Waals surface area contributed by atoms with Gasteiger partial charge in [-0.1, -0.05) is 91.0 Å². The summed E-state index contributed by atoms with van der Waals surface area (Å²) in [5, 5.41) is 15.0. The van der Waals surface area contributed by atoms with Crippen LogP contribution in [0.25, 0.3) is 11.1 Å². The Balaban J connectivity index is 1.10. The third-order valence-electron chi connectivity index (χ3n) is 7.33. The highest BCUT2D eigenvalue weighted by molar-refractivity contribution is 5.86. The van der Waals surface area contributed by atoms with Crippen molar-refractivity contribution >= 4 is 23.7 Å². The number of hydrogen-bond acceptors (Lipinski definition) is 5. The van der Waals surface area contributed by atoms with Crippen molar-refractivity contribution in [2.45, 2.75) is 24.9 Å².